The van der Waals surface area contributed by atoms with Gasteiger partial charge in [0, 0.05) is 26.2 Å². The van der Waals surface area contributed by atoms with Gasteiger partial charge in [-0.1, -0.05) is 0 Å². The first-order valence-corrected chi connectivity index (χ1v) is 4.97. The van der Waals surface area contributed by atoms with Crippen molar-refractivity contribution in [3.05, 3.63) is 11.9 Å². The van der Waals surface area contributed by atoms with Gasteiger partial charge in [-0.15, -0.1) is 0 Å². The first kappa shape index (κ1) is 9.24. The summed E-state index contributed by atoms with van der Waals surface area (Å²) in [7, 11) is 3.97. The summed E-state index contributed by atoms with van der Waals surface area (Å²) in [6, 6.07) is 2.68. The number of nitrogens with zero attached hydrogens (tertiary/aromatic N) is 3. The van der Waals surface area contributed by atoms with Gasteiger partial charge in [-0.25, -0.2) is 9.97 Å². The predicted molar refractivity (Wildman–Crippen MR) is 57.7 cm³/mol. The van der Waals surface area contributed by atoms with E-state index >= 15 is 0 Å². The van der Waals surface area contributed by atoms with E-state index in [1.807, 2.05) is 20.0 Å². The van der Waals surface area contributed by atoms with E-state index in [0.29, 0.717) is 6.04 Å². The molecular formula is C10H16N4. The molecule has 1 aliphatic rings. The van der Waals surface area contributed by atoms with Crippen molar-refractivity contribution in [1.82, 2.24) is 9.97 Å². The maximum absolute atomic E-state index is 4.42. The molecule has 4 nitrogen and oxygen atoms in total. The minimum atomic E-state index is 0.689. The molecule has 0 unspecified atom stereocenters. The van der Waals surface area contributed by atoms with Crippen molar-refractivity contribution in [2.45, 2.75) is 25.8 Å². The molecule has 14 heavy (non-hydrogen) atoms. The molecule has 0 bridgehead atoms. The van der Waals surface area contributed by atoms with Crippen LogP contribution in [0.3, 0.4) is 0 Å². The number of hydrogen-bond donors (Lipinski definition) is 1. The molecule has 1 aliphatic carbocycles. The minimum absolute atomic E-state index is 0.689. The van der Waals surface area contributed by atoms with Gasteiger partial charge < -0.3 is 10.2 Å². The maximum Gasteiger partial charge on any atom is 0.134 e. The zero-order valence-electron chi connectivity index (χ0n) is 8.91. The van der Waals surface area contributed by atoms with Gasteiger partial charge in [-0.3, -0.25) is 0 Å². The number of hydrogen-bond acceptors (Lipinski definition) is 4. The molecule has 1 aromatic rings. The monoisotopic (exact) mass is 192 g/mol. The van der Waals surface area contributed by atoms with E-state index in [-0.39, 0.29) is 0 Å². The Morgan fingerprint density at radius 3 is 2.71 bits per heavy atom. The highest BCUT2D eigenvalue weighted by Gasteiger charge is 2.27. The lowest BCUT2D eigenvalue weighted by Gasteiger charge is -2.18. The predicted octanol–water partition coefficient (Wildman–Crippen LogP) is 1.43. The van der Waals surface area contributed by atoms with Crippen LogP contribution in [0.5, 0.6) is 0 Å². The Bertz CT molecular complexity index is 333. The van der Waals surface area contributed by atoms with Crippen molar-refractivity contribution in [1.29, 1.82) is 0 Å². The van der Waals surface area contributed by atoms with E-state index < -0.39 is 0 Å². The van der Waals surface area contributed by atoms with Crippen LogP contribution in [-0.4, -0.2) is 30.1 Å². The quantitative estimate of drug-likeness (QED) is 0.786. The molecule has 1 fully saturated rings. The zero-order valence-corrected chi connectivity index (χ0v) is 8.91. The fraction of sp³-hybridized carbons (Fsp3) is 0.600. The van der Waals surface area contributed by atoms with Crippen LogP contribution in [0.2, 0.25) is 0 Å². The third kappa shape index (κ3) is 1.78. The average molecular weight is 192 g/mol. The molecule has 0 spiro atoms. The van der Waals surface area contributed by atoms with Crippen LogP contribution < -0.4 is 10.2 Å². The van der Waals surface area contributed by atoms with Crippen LogP contribution in [0.25, 0.3) is 0 Å². The van der Waals surface area contributed by atoms with Crippen LogP contribution >= 0.6 is 0 Å². The normalized spacial score (nSPS) is 15.4. The second-order valence-corrected chi connectivity index (χ2v) is 3.75. The first-order valence-electron chi connectivity index (χ1n) is 4.97. The van der Waals surface area contributed by atoms with E-state index in [2.05, 4.69) is 27.2 Å². The summed E-state index contributed by atoms with van der Waals surface area (Å²) >= 11 is 0. The highest BCUT2D eigenvalue weighted by molar-refractivity contribution is 5.49. The van der Waals surface area contributed by atoms with Crippen molar-refractivity contribution in [2.24, 2.45) is 0 Å². The van der Waals surface area contributed by atoms with Gasteiger partial charge in [-0.05, 0) is 19.8 Å². The molecule has 0 atom stereocenters. The fourth-order valence-electron chi connectivity index (χ4n) is 1.51. The molecule has 0 aliphatic heterocycles. The molecular weight excluding hydrogens is 176 g/mol. The second kappa shape index (κ2) is 3.44. The molecule has 0 radical (unpaired) electrons. The van der Waals surface area contributed by atoms with Crippen molar-refractivity contribution in [3.8, 4) is 0 Å². The van der Waals surface area contributed by atoms with Gasteiger partial charge in [-0.2, -0.15) is 0 Å². The van der Waals surface area contributed by atoms with Gasteiger partial charge >= 0.3 is 0 Å². The van der Waals surface area contributed by atoms with E-state index in [9.17, 15) is 0 Å². The van der Waals surface area contributed by atoms with Crippen LogP contribution in [0, 0.1) is 6.92 Å². The third-order valence-electron chi connectivity index (χ3n) is 2.54. The molecule has 0 saturated heterocycles. The van der Waals surface area contributed by atoms with E-state index in [1.165, 1.54) is 12.8 Å². The summed E-state index contributed by atoms with van der Waals surface area (Å²) in [6.07, 6.45) is 2.57. The highest BCUT2D eigenvalue weighted by Crippen LogP contribution is 2.29. The Labute approximate surface area is 84.4 Å². The number of aryl methyl sites for hydroxylation is 1. The van der Waals surface area contributed by atoms with E-state index in [0.717, 1.165) is 17.5 Å². The van der Waals surface area contributed by atoms with E-state index in [1.54, 1.807) is 0 Å². The molecule has 0 aromatic carbocycles. The van der Waals surface area contributed by atoms with Crippen LogP contribution in [0.1, 0.15) is 18.7 Å². The third-order valence-corrected chi connectivity index (χ3v) is 2.54. The van der Waals surface area contributed by atoms with Gasteiger partial charge in [0.25, 0.3) is 0 Å². The second-order valence-electron chi connectivity index (χ2n) is 3.75. The zero-order chi connectivity index (χ0) is 10.1. The Morgan fingerprint density at radius 1 is 1.43 bits per heavy atom. The minimum Gasteiger partial charge on any atom is -0.373 e. The number of anilines is 2. The molecule has 1 aromatic heterocycles. The topological polar surface area (TPSA) is 41.0 Å². The number of rotatable bonds is 3. The lowest BCUT2D eigenvalue weighted by Crippen LogP contribution is -2.21. The molecule has 1 heterocycles. The van der Waals surface area contributed by atoms with Crippen molar-refractivity contribution < 1.29 is 0 Å². The van der Waals surface area contributed by atoms with Gasteiger partial charge in [0.05, 0.1) is 0 Å². The Morgan fingerprint density at radius 2 is 2.14 bits per heavy atom. The van der Waals surface area contributed by atoms with Gasteiger partial charge in [0.15, 0.2) is 0 Å². The average Bonchev–Trinajstić information content (AvgIpc) is 2.99. The molecule has 4 heteroatoms. The smallest absolute Gasteiger partial charge is 0.134 e. The Hall–Kier alpha value is -1.32. The highest BCUT2D eigenvalue weighted by atomic mass is 15.2. The molecule has 0 amide bonds. The van der Waals surface area contributed by atoms with Gasteiger partial charge in [0.1, 0.15) is 17.5 Å². The maximum atomic E-state index is 4.42. The van der Waals surface area contributed by atoms with E-state index in [4.69, 9.17) is 0 Å². The largest absolute Gasteiger partial charge is 0.373 e. The molecule has 1 N–H and O–H groups in total. The standard InChI is InChI=1S/C10H16N4/c1-7-12-9(11-2)6-10(13-7)14(3)8-4-5-8/h6,8H,4-5H2,1-3H3,(H,11,12,13). The lowest BCUT2D eigenvalue weighted by atomic mass is 10.4. The Kier molecular flexibility index (Phi) is 2.27. The lowest BCUT2D eigenvalue weighted by molar-refractivity contribution is 0.875. The molecule has 1 saturated carbocycles. The van der Waals surface area contributed by atoms with Crippen LogP contribution in [0.15, 0.2) is 6.07 Å². The van der Waals surface area contributed by atoms with Crippen molar-refractivity contribution in [2.75, 3.05) is 24.3 Å². The molecule has 76 valence electrons. The molecule has 2 rings (SSSR count). The summed E-state index contributed by atoms with van der Waals surface area (Å²) in [4.78, 5) is 10.9. The number of aromatic nitrogens is 2. The first-order chi connectivity index (χ1) is 6.70. The summed E-state index contributed by atoms with van der Waals surface area (Å²) in [5.41, 5.74) is 0. The fourth-order valence-corrected chi connectivity index (χ4v) is 1.51. The summed E-state index contributed by atoms with van der Waals surface area (Å²) < 4.78 is 0. The SMILES string of the molecule is CNc1cc(N(C)C2CC2)nc(C)n1. The summed E-state index contributed by atoms with van der Waals surface area (Å²) in [6.45, 7) is 1.92. The van der Waals surface area contributed by atoms with Crippen LogP contribution in [-0.2, 0) is 0 Å². The van der Waals surface area contributed by atoms with Crippen molar-refractivity contribution in [3.63, 3.8) is 0 Å². The summed E-state index contributed by atoms with van der Waals surface area (Å²) in [5.74, 6) is 2.73. The Balaban J connectivity index is 2.27. The van der Waals surface area contributed by atoms with Crippen molar-refractivity contribution >= 4 is 11.6 Å². The van der Waals surface area contributed by atoms with Crippen LogP contribution in [0.4, 0.5) is 11.6 Å². The number of nitrogens with one attached hydrogen (secondary N) is 1. The summed E-state index contributed by atoms with van der Waals surface area (Å²) in [5, 5.41) is 3.04. The van der Waals surface area contributed by atoms with Gasteiger partial charge in [0.2, 0.25) is 0 Å².